The molecule has 1 aliphatic rings. The number of anilines is 1. The molecule has 0 bridgehead atoms. The van der Waals surface area contributed by atoms with Crippen LogP contribution in [0, 0.1) is 6.92 Å². The van der Waals surface area contributed by atoms with E-state index in [-0.39, 0.29) is 0 Å². The molecule has 0 unspecified atom stereocenters. The first kappa shape index (κ1) is 9.39. The lowest BCUT2D eigenvalue weighted by Crippen LogP contribution is -2.00. The third kappa shape index (κ3) is 1.38. The second-order valence-electron chi connectivity index (χ2n) is 4.33. The molecule has 2 aromatic rings. The summed E-state index contributed by atoms with van der Waals surface area (Å²) in [7, 11) is 0. The normalized spacial score (nSPS) is 15.3. The van der Waals surface area contributed by atoms with Crippen LogP contribution >= 0.6 is 0 Å². The van der Waals surface area contributed by atoms with E-state index in [1.807, 2.05) is 12.1 Å². The number of nitrogens with zero attached hydrogens (tertiary/aromatic N) is 3. The molecule has 1 heterocycles. The van der Waals surface area contributed by atoms with E-state index >= 15 is 0 Å². The maximum absolute atomic E-state index is 6.02. The highest BCUT2D eigenvalue weighted by atomic mass is 15.3. The van der Waals surface area contributed by atoms with Crippen molar-refractivity contribution in [2.45, 2.75) is 25.8 Å². The largest absolute Gasteiger partial charge is 0.398 e. The fraction of sp³-hybridized carbons (Fsp3) is 0.333. The quantitative estimate of drug-likeness (QED) is 0.779. The molecule has 4 nitrogen and oxygen atoms in total. The molecule has 2 N–H and O–H groups in total. The first-order chi connectivity index (χ1) is 7.77. The van der Waals surface area contributed by atoms with Gasteiger partial charge in [-0.25, -0.2) is 0 Å². The van der Waals surface area contributed by atoms with Crippen molar-refractivity contribution in [2.24, 2.45) is 0 Å². The number of aryl methyl sites for hydroxylation is 1. The lowest BCUT2D eigenvalue weighted by molar-refractivity contribution is 0.746. The molecule has 16 heavy (non-hydrogen) atoms. The number of nitrogens with two attached hydrogens (primary N) is 1. The van der Waals surface area contributed by atoms with E-state index in [1.165, 1.54) is 12.8 Å². The van der Waals surface area contributed by atoms with Gasteiger partial charge < -0.3 is 10.3 Å². The first-order valence-corrected chi connectivity index (χ1v) is 5.52. The monoisotopic (exact) mass is 214 g/mol. The van der Waals surface area contributed by atoms with Crippen molar-refractivity contribution in [3.63, 3.8) is 0 Å². The van der Waals surface area contributed by atoms with Gasteiger partial charge in [0.25, 0.3) is 0 Å². The Kier molecular flexibility index (Phi) is 1.96. The minimum Gasteiger partial charge on any atom is -0.398 e. The zero-order valence-electron chi connectivity index (χ0n) is 9.22. The third-order valence-corrected chi connectivity index (χ3v) is 3.04. The number of rotatable bonds is 2. The summed E-state index contributed by atoms with van der Waals surface area (Å²) in [6.07, 6.45) is 4.24. The van der Waals surface area contributed by atoms with E-state index in [1.54, 1.807) is 6.33 Å². The van der Waals surface area contributed by atoms with E-state index in [2.05, 4.69) is 27.8 Å². The molecule has 0 radical (unpaired) electrons. The maximum Gasteiger partial charge on any atom is 0.166 e. The molecule has 0 amide bonds. The molecule has 0 aliphatic heterocycles. The number of hydrogen-bond donors (Lipinski definition) is 1. The smallest absolute Gasteiger partial charge is 0.166 e. The van der Waals surface area contributed by atoms with Gasteiger partial charge in [0.1, 0.15) is 6.33 Å². The lowest BCUT2D eigenvalue weighted by Gasteiger charge is -2.09. The SMILES string of the molecule is Cc1cccc(N)c1-c1nncn1C1CC1. The van der Waals surface area contributed by atoms with Gasteiger partial charge in [0.2, 0.25) is 0 Å². The summed E-state index contributed by atoms with van der Waals surface area (Å²) in [6.45, 7) is 2.05. The van der Waals surface area contributed by atoms with E-state index in [0.29, 0.717) is 6.04 Å². The summed E-state index contributed by atoms with van der Waals surface area (Å²) in [5, 5.41) is 8.20. The Balaban J connectivity index is 2.17. The van der Waals surface area contributed by atoms with Gasteiger partial charge in [0, 0.05) is 17.3 Å². The highest BCUT2D eigenvalue weighted by molar-refractivity contribution is 5.74. The summed E-state index contributed by atoms with van der Waals surface area (Å²) in [5.74, 6) is 0.901. The molecule has 4 heteroatoms. The third-order valence-electron chi connectivity index (χ3n) is 3.04. The summed E-state index contributed by atoms with van der Waals surface area (Å²) in [4.78, 5) is 0. The molecular weight excluding hydrogens is 200 g/mol. The maximum atomic E-state index is 6.02. The molecule has 0 atom stereocenters. The summed E-state index contributed by atoms with van der Waals surface area (Å²) in [5.41, 5.74) is 8.96. The molecule has 1 fully saturated rings. The zero-order chi connectivity index (χ0) is 11.1. The Bertz CT molecular complexity index is 505. The first-order valence-electron chi connectivity index (χ1n) is 5.52. The molecule has 1 saturated carbocycles. The molecular formula is C12H14N4. The average molecular weight is 214 g/mol. The molecule has 3 rings (SSSR count). The second-order valence-corrected chi connectivity index (χ2v) is 4.33. The van der Waals surface area contributed by atoms with Crippen LogP contribution in [0.1, 0.15) is 24.4 Å². The predicted octanol–water partition coefficient (Wildman–Crippen LogP) is 2.17. The molecule has 0 saturated heterocycles. The highest BCUT2D eigenvalue weighted by Crippen LogP contribution is 2.39. The predicted molar refractivity (Wildman–Crippen MR) is 62.9 cm³/mol. The Morgan fingerprint density at radius 2 is 2.19 bits per heavy atom. The fourth-order valence-electron chi connectivity index (χ4n) is 2.04. The van der Waals surface area contributed by atoms with Gasteiger partial charge in [-0.15, -0.1) is 10.2 Å². The van der Waals surface area contributed by atoms with Crippen molar-refractivity contribution in [1.29, 1.82) is 0 Å². The molecule has 1 aliphatic carbocycles. The van der Waals surface area contributed by atoms with Crippen LogP contribution in [0.15, 0.2) is 24.5 Å². The van der Waals surface area contributed by atoms with Gasteiger partial charge >= 0.3 is 0 Å². The van der Waals surface area contributed by atoms with Gasteiger partial charge in [-0.3, -0.25) is 0 Å². The van der Waals surface area contributed by atoms with Crippen molar-refractivity contribution >= 4 is 5.69 Å². The van der Waals surface area contributed by atoms with Crippen molar-refractivity contribution in [3.8, 4) is 11.4 Å². The fourth-order valence-corrected chi connectivity index (χ4v) is 2.04. The van der Waals surface area contributed by atoms with Crippen LogP contribution in [-0.2, 0) is 0 Å². The topological polar surface area (TPSA) is 56.7 Å². The summed E-state index contributed by atoms with van der Waals surface area (Å²) >= 11 is 0. The Labute approximate surface area is 94.1 Å². The van der Waals surface area contributed by atoms with Crippen LogP contribution in [0.3, 0.4) is 0 Å². The van der Waals surface area contributed by atoms with Crippen molar-refractivity contribution in [2.75, 3.05) is 5.73 Å². The summed E-state index contributed by atoms with van der Waals surface area (Å²) in [6, 6.07) is 6.50. The zero-order valence-corrected chi connectivity index (χ0v) is 9.22. The van der Waals surface area contributed by atoms with E-state index in [9.17, 15) is 0 Å². The number of aromatic nitrogens is 3. The number of benzene rings is 1. The van der Waals surface area contributed by atoms with Crippen LogP contribution in [0.2, 0.25) is 0 Å². The highest BCUT2D eigenvalue weighted by Gasteiger charge is 2.27. The standard InChI is InChI=1S/C12H14N4/c1-8-3-2-4-10(13)11(8)12-15-14-7-16(12)9-5-6-9/h2-4,7,9H,5-6,13H2,1H3. The molecule has 1 aromatic carbocycles. The summed E-state index contributed by atoms with van der Waals surface area (Å²) < 4.78 is 2.14. The van der Waals surface area contributed by atoms with Crippen molar-refractivity contribution < 1.29 is 0 Å². The Hall–Kier alpha value is -1.84. The Morgan fingerprint density at radius 3 is 2.88 bits per heavy atom. The lowest BCUT2D eigenvalue weighted by atomic mass is 10.1. The number of nitrogen functional groups attached to an aromatic ring is 1. The van der Waals surface area contributed by atoms with Gasteiger partial charge in [-0.05, 0) is 31.4 Å². The average Bonchev–Trinajstić information content (AvgIpc) is 2.99. The van der Waals surface area contributed by atoms with Crippen LogP contribution in [-0.4, -0.2) is 14.8 Å². The van der Waals surface area contributed by atoms with Crippen molar-refractivity contribution in [3.05, 3.63) is 30.1 Å². The van der Waals surface area contributed by atoms with Crippen LogP contribution in [0.4, 0.5) is 5.69 Å². The Morgan fingerprint density at radius 1 is 1.38 bits per heavy atom. The minimum atomic E-state index is 0.573. The van der Waals surface area contributed by atoms with Crippen LogP contribution in [0.5, 0.6) is 0 Å². The van der Waals surface area contributed by atoms with Crippen LogP contribution < -0.4 is 5.73 Å². The minimum absolute atomic E-state index is 0.573. The second kappa shape index (κ2) is 3.33. The van der Waals surface area contributed by atoms with E-state index in [0.717, 1.165) is 22.6 Å². The van der Waals surface area contributed by atoms with Gasteiger partial charge in [-0.2, -0.15) is 0 Å². The molecule has 82 valence electrons. The van der Waals surface area contributed by atoms with Gasteiger partial charge in [-0.1, -0.05) is 12.1 Å². The van der Waals surface area contributed by atoms with Crippen molar-refractivity contribution in [1.82, 2.24) is 14.8 Å². The number of hydrogen-bond acceptors (Lipinski definition) is 3. The van der Waals surface area contributed by atoms with Crippen LogP contribution in [0.25, 0.3) is 11.4 Å². The van der Waals surface area contributed by atoms with Gasteiger partial charge in [0.05, 0.1) is 0 Å². The molecule has 1 aromatic heterocycles. The van der Waals surface area contributed by atoms with E-state index in [4.69, 9.17) is 5.73 Å². The van der Waals surface area contributed by atoms with Gasteiger partial charge in [0.15, 0.2) is 5.82 Å². The van der Waals surface area contributed by atoms with E-state index < -0.39 is 0 Å². The molecule has 0 spiro atoms.